The monoisotopic (exact) mass is 253 g/mol. The zero-order chi connectivity index (χ0) is 13.8. The van der Waals surface area contributed by atoms with Gasteiger partial charge in [-0.2, -0.15) is 5.26 Å². The predicted molar refractivity (Wildman–Crippen MR) is 73.6 cm³/mol. The first kappa shape index (κ1) is 13.0. The summed E-state index contributed by atoms with van der Waals surface area (Å²) in [4.78, 5) is 12.9. The fraction of sp³-hybridized carbons (Fsp3) is 0.286. The highest BCUT2D eigenvalue weighted by molar-refractivity contribution is 5.68. The van der Waals surface area contributed by atoms with Gasteiger partial charge in [0, 0.05) is 30.1 Å². The summed E-state index contributed by atoms with van der Waals surface area (Å²) in [7, 11) is 0. The summed E-state index contributed by atoms with van der Waals surface area (Å²) < 4.78 is 0. The van der Waals surface area contributed by atoms with Gasteiger partial charge in [-0.3, -0.25) is 4.98 Å². The summed E-state index contributed by atoms with van der Waals surface area (Å²) in [6, 6.07) is 3.88. The van der Waals surface area contributed by atoms with Crippen molar-refractivity contribution < 1.29 is 0 Å². The zero-order valence-electron chi connectivity index (χ0n) is 11.2. The number of aryl methyl sites for hydroxylation is 1. The van der Waals surface area contributed by atoms with Crippen molar-refractivity contribution in [3.8, 4) is 17.3 Å². The summed E-state index contributed by atoms with van der Waals surface area (Å²) in [5, 5.41) is 12.2. The number of rotatable bonds is 3. The molecule has 2 heterocycles. The van der Waals surface area contributed by atoms with E-state index < -0.39 is 0 Å². The van der Waals surface area contributed by atoms with E-state index in [1.54, 1.807) is 12.3 Å². The van der Waals surface area contributed by atoms with Crippen LogP contribution in [0.5, 0.6) is 0 Å². The number of hydrogen-bond donors (Lipinski definition) is 1. The van der Waals surface area contributed by atoms with Gasteiger partial charge < -0.3 is 5.32 Å². The maximum absolute atomic E-state index is 8.94. The Bertz CT molecular complexity index is 643. The van der Waals surface area contributed by atoms with Crippen molar-refractivity contribution in [1.29, 1.82) is 5.26 Å². The smallest absolute Gasteiger partial charge is 0.133 e. The van der Waals surface area contributed by atoms with Crippen molar-refractivity contribution in [2.45, 2.75) is 20.8 Å². The SMILES string of the molecule is CCNc1nc(C)nc(-c2cncc(C#N)c2)c1C. The molecular formula is C14H15N5. The van der Waals surface area contributed by atoms with E-state index in [4.69, 9.17) is 5.26 Å². The first-order valence-electron chi connectivity index (χ1n) is 6.10. The van der Waals surface area contributed by atoms with E-state index in [1.165, 1.54) is 6.20 Å². The second-order valence-electron chi connectivity index (χ2n) is 4.20. The largest absolute Gasteiger partial charge is 0.370 e. The van der Waals surface area contributed by atoms with Gasteiger partial charge in [0.2, 0.25) is 0 Å². The summed E-state index contributed by atoms with van der Waals surface area (Å²) in [6.07, 6.45) is 3.25. The van der Waals surface area contributed by atoms with Gasteiger partial charge in [-0.1, -0.05) is 0 Å². The van der Waals surface area contributed by atoms with Crippen LogP contribution in [0.2, 0.25) is 0 Å². The van der Waals surface area contributed by atoms with Crippen molar-refractivity contribution in [2.24, 2.45) is 0 Å². The third kappa shape index (κ3) is 2.68. The topological polar surface area (TPSA) is 74.5 Å². The lowest BCUT2D eigenvalue weighted by molar-refractivity contribution is 1.02. The molecule has 0 unspecified atom stereocenters. The highest BCUT2D eigenvalue weighted by Crippen LogP contribution is 2.25. The molecule has 0 aliphatic rings. The van der Waals surface area contributed by atoms with Gasteiger partial charge in [-0.25, -0.2) is 9.97 Å². The third-order valence-electron chi connectivity index (χ3n) is 2.74. The Balaban J connectivity index is 2.58. The van der Waals surface area contributed by atoms with Crippen LogP contribution < -0.4 is 5.32 Å². The molecule has 0 aliphatic heterocycles. The maximum atomic E-state index is 8.94. The summed E-state index contributed by atoms with van der Waals surface area (Å²) in [5.74, 6) is 1.52. The van der Waals surface area contributed by atoms with Crippen LogP contribution >= 0.6 is 0 Å². The van der Waals surface area contributed by atoms with Crippen molar-refractivity contribution >= 4 is 5.82 Å². The lowest BCUT2D eigenvalue weighted by Gasteiger charge is -2.12. The standard InChI is InChI=1S/C14H15N5/c1-4-17-14-9(2)13(18-10(3)19-14)12-5-11(6-15)7-16-8-12/h5,7-8H,4H2,1-3H3,(H,17,18,19). The first-order chi connectivity index (χ1) is 9.15. The van der Waals surface area contributed by atoms with E-state index in [0.717, 1.165) is 29.2 Å². The quantitative estimate of drug-likeness (QED) is 0.909. The van der Waals surface area contributed by atoms with Crippen molar-refractivity contribution in [3.05, 3.63) is 35.4 Å². The number of nitrogens with one attached hydrogen (secondary N) is 1. The van der Waals surface area contributed by atoms with Crippen LogP contribution in [-0.4, -0.2) is 21.5 Å². The summed E-state index contributed by atoms with van der Waals surface area (Å²) >= 11 is 0. The molecule has 2 aromatic rings. The van der Waals surface area contributed by atoms with Crippen molar-refractivity contribution in [2.75, 3.05) is 11.9 Å². The lowest BCUT2D eigenvalue weighted by atomic mass is 10.1. The molecule has 2 aromatic heterocycles. The average molecular weight is 253 g/mol. The van der Waals surface area contributed by atoms with E-state index in [1.807, 2.05) is 20.8 Å². The first-order valence-corrected chi connectivity index (χ1v) is 6.10. The maximum Gasteiger partial charge on any atom is 0.133 e. The summed E-state index contributed by atoms with van der Waals surface area (Å²) in [5.41, 5.74) is 3.14. The van der Waals surface area contributed by atoms with Crippen LogP contribution in [-0.2, 0) is 0 Å². The second kappa shape index (κ2) is 5.44. The van der Waals surface area contributed by atoms with Gasteiger partial charge >= 0.3 is 0 Å². The van der Waals surface area contributed by atoms with Crippen LogP contribution in [0.1, 0.15) is 23.9 Å². The fourth-order valence-corrected chi connectivity index (χ4v) is 1.88. The van der Waals surface area contributed by atoms with E-state index in [0.29, 0.717) is 11.4 Å². The Labute approximate surface area is 112 Å². The van der Waals surface area contributed by atoms with Crippen LogP contribution in [0.25, 0.3) is 11.3 Å². The molecule has 0 saturated heterocycles. The molecule has 0 radical (unpaired) electrons. The molecule has 0 amide bonds. The Hall–Kier alpha value is -2.48. The van der Waals surface area contributed by atoms with Crippen molar-refractivity contribution in [1.82, 2.24) is 15.0 Å². The normalized spacial score (nSPS) is 10.0. The van der Waals surface area contributed by atoms with Crippen molar-refractivity contribution in [3.63, 3.8) is 0 Å². The highest BCUT2D eigenvalue weighted by Gasteiger charge is 2.11. The lowest BCUT2D eigenvalue weighted by Crippen LogP contribution is -2.06. The molecule has 1 N–H and O–H groups in total. The van der Waals surface area contributed by atoms with Crippen LogP contribution in [0.15, 0.2) is 18.5 Å². The number of anilines is 1. The van der Waals surface area contributed by atoms with Gasteiger partial charge in [0.25, 0.3) is 0 Å². The zero-order valence-corrected chi connectivity index (χ0v) is 11.2. The van der Waals surface area contributed by atoms with Gasteiger partial charge in [-0.15, -0.1) is 0 Å². The molecule has 0 fully saturated rings. The molecule has 2 rings (SSSR count). The van der Waals surface area contributed by atoms with E-state index >= 15 is 0 Å². The average Bonchev–Trinajstić information content (AvgIpc) is 2.43. The molecule has 96 valence electrons. The Morgan fingerprint density at radius 3 is 2.74 bits per heavy atom. The molecule has 5 nitrogen and oxygen atoms in total. The van der Waals surface area contributed by atoms with E-state index in [-0.39, 0.29) is 0 Å². The van der Waals surface area contributed by atoms with Crippen LogP contribution in [0.4, 0.5) is 5.82 Å². The molecule has 0 aromatic carbocycles. The molecule has 0 atom stereocenters. The van der Waals surface area contributed by atoms with Gasteiger partial charge in [0.1, 0.15) is 17.7 Å². The number of aromatic nitrogens is 3. The molecule has 0 aliphatic carbocycles. The molecule has 0 bridgehead atoms. The summed E-state index contributed by atoms with van der Waals surface area (Å²) in [6.45, 7) is 6.64. The fourth-order valence-electron chi connectivity index (χ4n) is 1.88. The highest BCUT2D eigenvalue weighted by atomic mass is 15.0. The number of pyridine rings is 1. The molecular weight excluding hydrogens is 238 g/mol. The van der Waals surface area contributed by atoms with Gasteiger partial charge in [0.05, 0.1) is 11.3 Å². The van der Waals surface area contributed by atoms with Crippen LogP contribution in [0, 0.1) is 25.2 Å². The van der Waals surface area contributed by atoms with Gasteiger partial charge in [-0.05, 0) is 26.8 Å². The Morgan fingerprint density at radius 1 is 1.26 bits per heavy atom. The minimum Gasteiger partial charge on any atom is -0.370 e. The predicted octanol–water partition coefficient (Wildman–Crippen LogP) is 2.46. The van der Waals surface area contributed by atoms with E-state index in [9.17, 15) is 0 Å². The number of hydrogen-bond acceptors (Lipinski definition) is 5. The minimum atomic E-state index is 0.526. The van der Waals surface area contributed by atoms with E-state index in [2.05, 4.69) is 26.3 Å². The molecule has 0 saturated carbocycles. The number of nitrogens with zero attached hydrogens (tertiary/aromatic N) is 4. The third-order valence-corrected chi connectivity index (χ3v) is 2.74. The van der Waals surface area contributed by atoms with Gasteiger partial charge in [0.15, 0.2) is 0 Å². The second-order valence-corrected chi connectivity index (χ2v) is 4.20. The van der Waals surface area contributed by atoms with Crippen LogP contribution in [0.3, 0.4) is 0 Å². The molecule has 19 heavy (non-hydrogen) atoms. The molecule has 5 heteroatoms. The minimum absolute atomic E-state index is 0.526. The number of nitriles is 1. The Morgan fingerprint density at radius 2 is 2.05 bits per heavy atom. The Kier molecular flexibility index (Phi) is 3.71. The molecule has 0 spiro atoms.